The molecule has 0 spiro atoms. The number of carbonyl (C=O) groups excluding carboxylic acids is 1. The van der Waals surface area contributed by atoms with E-state index in [4.69, 9.17) is 5.84 Å². The summed E-state index contributed by atoms with van der Waals surface area (Å²) >= 11 is 0. The molecule has 20 heavy (non-hydrogen) atoms. The Balaban J connectivity index is 2.47. The Labute approximate surface area is 112 Å². The van der Waals surface area contributed by atoms with E-state index in [0.717, 1.165) is 18.2 Å². The lowest BCUT2D eigenvalue weighted by Crippen LogP contribution is -2.38. The highest BCUT2D eigenvalue weighted by Gasteiger charge is 2.27. The number of pyridine rings is 1. The molecule has 0 aliphatic rings. The van der Waals surface area contributed by atoms with Crippen molar-refractivity contribution in [3.8, 4) is 0 Å². The molecular formula is C12H9FN4O3. The molecule has 1 heterocycles. The topological polar surface area (TPSA) is 102 Å². The molecule has 8 heteroatoms. The van der Waals surface area contributed by atoms with Crippen LogP contribution >= 0.6 is 0 Å². The third-order valence-corrected chi connectivity index (χ3v) is 2.56. The number of carbonyl (C=O) groups is 1. The Morgan fingerprint density at radius 1 is 1.30 bits per heavy atom. The van der Waals surface area contributed by atoms with E-state index >= 15 is 0 Å². The highest BCUT2D eigenvalue weighted by molar-refractivity contribution is 6.08. The van der Waals surface area contributed by atoms with Gasteiger partial charge in [0.25, 0.3) is 11.6 Å². The first-order valence-corrected chi connectivity index (χ1v) is 5.44. The summed E-state index contributed by atoms with van der Waals surface area (Å²) in [5.41, 5.74) is -1.08. The smallest absolute Gasteiger partial charge is 0.267 e. The molecular weight excluding hydrogens is 267 g/mol. The largest absolute Gasteiger partial charge is 0.285 e. The fourth-order valence-electron chi connectivity index (χ4n) is 1.62. The molecule has 0 atom stereocenters. The summed E-state index contributed by atoms with van der Waals surface area (Å²) in [5.74, 6) is 3.56. The summed E-state index contributed by atoms with van der Waals surface area (Å²) in [4.78, 5) is 25.9. The van der Waals surface area contributed by atoms with Gasteiger partial charge in [0.05, 0.1) is 10.6 Å². The number of aromatic nitrogens is 1. The summed E-state index contributed by atoms with van der Waals surface area (Å²) in [7, 11) is 0. The van der Waals surface area contributed by atoms with Crippen molar-refractivity contribution in [3.63, 3.8) is 0 Å². The SMILES string of the molecule is NN(C(=O)c1c(F)cccc1[N+](=O)[O-])c1ccncc1. The molecule has 0 aliphatic carbocycles. The van der Waals surface area contributed by atoms with Gasteiger partial charge in [0.1, 0.15) is 5.82 Å². The molecule has 2 N–H and O–H groups in total. The summed E-state index contributed by atoms with van der Waals surface area (Å²) in [6, 6.07) is 5.99. The standard InChI is InChI=1S/C12H9FN4O3/c13-9-2-1-3-10(17(19)20)11(9)12(18)16(14)8-4-6-15-7-5-8/h1-7H,14H2. The zero-order valence-electron chi connectivity index (χ0n) is 10.1. The Bertz CT molecular complexity index is 663. The first kappa shape index (κ1) is 13.6. The maximum atomic E-state index is 13.7. The molecule has 1 aromatic carbocycles. The van der Waals surface area contributed by atoms with Crippen LogP contribution in [0.2, 0.25) is 0 Å². The predicted molar refractivity (Wildman–Crippen MR) is 68.3 cm³/mol. The molecule has 0 saturated carbocycles. The average Bonchev–Trinajstić information content (AvgIpc) is 2.46. The number of rotatable bonds is 3. The zero-order chi connectivity index (χ0) is 14.7. The van der Waals surface area contributed by atoms with Gasteiger partial charge in [-0.05, 0) is 18.2 Å². The first-order valence-electron chi connectivity index (χ1n) is 5.44. The normalized spacial score (nSPS) is 10.1. The van der Waals surface area contributed by atoms with Crippen molar-refractivity contribution in [2.24, 2.45) is 5.84 Å². The van der Waals surface area contributed by atoms with Crippen LogP contribution in [0.15, 0.2) is 42.7 Å². The van der Waals surface area contributed by atoms with E-state index in [0.29, 0.717) is 5.01 Å². The van der Waals surface area contributed by atoms with Crippen LogP contribution in [-0.2, 0) is 0 Å². The van der Waals surface area contributed by atoms with Crippen molar-refractivity contribution in [1.82, 2.24) is 4.98 Å². The van der Waals surface area contributed by atoms with Crippen LogP contribution < -0.4 is 10.9 Å². The Morgan fingerprint density at radius 2 is 1.95 bits per heavy atom. The third kappa shape index (κ3) is 2.45. The first-order chi connectivity index (χ1) is 9.52. The number of nitrogens with two attached hydrogens (primary N) is 1. The van der Waals surface area contributed by atoms with Gasteiger partial charge in [-0.1, -0.05) is 6.07 Å². The zero-order valence-corrected chi connectivity index (χ0v) is 10.1. The van der Waals surface area contributed by atoms with E-state index in [1.807, 2.05) is 0 Å². The van der Waals surface area contributed by atoms with Crippen molar-refractivity contribution >= 4 is 17.3 Å². The van der Waals surface area contributed by atoms with Crippen molar-refractivity contribution in [2.75, 3.05) is 5.01 Å². The second-order valence-corrected chi connectivity index (χ2v) is 3.77. The van der Waals surface area contributed by atoms with Gasteiger partial charge in [-0.25, -0.2) is 15.2 Å². The molecule has 0 radical (unpaired) electrons. The van der Waals surface area contributed by atoms with E-state index in [9.17, 15) is 19.3 Å². The second kappa shape index (κ2) is 5.41. The Kier molecular flexibility index (Phi) is 3.67. The monoisotopic (exact) mass is 276 g/mol. The van der Waals surface area contributed by atoms with E-state index in [1.165, 1.54) is 24.5 Å². The van der Waals surface area contributed by atoms with Crippen LogP contribution in [0.4, 0.5) is 15.8 Å². The summed E-state index contributed by atoms with van der Waals surface area (Å²) in [6.45, 7) is 0. The minimum absolute atomic E-state index is 0.238. The van der Waals surface area contributed by atoms with Gasteiger partial charge in [-0.3, -0.25) is 19.9 Å². The lowest BCUT2D eigenvalue weighted by Gasteiger charge is -2.16. The molecule has 102 valence electrons. The Hall–Kier alpha value is -2.87. The fraction of sp³-hybridized carbons (Fsp3) is 0. The van der Waals surface area contributed by atoms with Gasteiger partial charge in [-0.2, -0.15) is 0 Å². The van der Waals surface area contributed by atoms with Crippen LogP contribution in [0, 0.1) is 15.9 Å². The number of halogens is 1. The molecule has 0 aliphatic heterocycles. The molecule has 0 saturated heterocycles. The summed E-state index contributed by atoms with van der Waals surface area (Å²) in [5, 5.41) is 11.5. The molecule has 0 bridgehead atoms. The number of benzene rings is 1. The molecule has 1 aromatic heterocycles. The number of anilines is 1. The molecule has 0 unspecified atom stereocenters. The van der Waals surface area contributed by atoms with Crippen LogP contribution in [-0.4, -0.2) is 15.8 Å². The minimum atomic E-state index is -1.01. The van der Waals surface area contributed by atoms with E-state index in [2.05, 4.69) is 4.98 Å². The van der Waals surface area contributed by atoms with Gasteiger partial charge in [0.15, 0.2) is 5.56 Å². The molecule has 1 amide bonds. The van der Waals surface area contributed by atoms with Gasteiger partial charge in [0.2, 0.25) is 0 Å². The molecule has 2 aromatic rings. The van der Waals surface area contributed by atoms with Crippen molar-refractivity contribution < 1.29 is 14.1 Å². The highest BCUT2D eigenvalue weighted by Crippen LogP contribution is 2.24. The molecule has 7 nitrogen and oxygen atoms in total. The van der Waals surface area contributed by atoms with Gasteiger partial charge < -0.3 is 0 Å². The van der Waals surface area contributed by atoms with E-state index in [-0.39, 0.29) is 5.69 Å². The van der Waals surface area contributed by atoms with E-state index in [1.54, 1.807) is 0 Å². The van der Waals surface area contributed by atoms with Gasteiger partial charge in [0, 0.05) is 18.5 Å². The fourth-order valence-corrected chi connectivity index (χ4v) is 1.62. The van der Waals surface area contributed by atoms with Crippen molar-refractivity contribution in [2.45, 2.75) is 0 Å². The lowest BCUT2D eigenvalue weighted by atomic mass is 10.1. The maximum absolute atomic E-state index is 13.7. The number of nitro groups is 1. The van der Waals surface area contributed by atoms with Crippen molar-refractivity contribution in [3.05, 3.63) is 64.2 Å². The number of nitrogens with zero attached hydrogens (tertiary/aromatic N) is 3. The number of hydrazine groups is 1. The number of hydrogen-bond acceptors (Lipinski definition) is 5. The van der Waals surface area contributed by atoms with Crippen LogP contribution in [0.5, 0.6) is 0 Å². The Morgan fingerprint density at radius 3 is 2.55 bits per heavy atom. The van der Waals surface area contributed by atoms with Crippen LogP contribution in [0.3, 0.4) is 0 Å². The average molecular weight is 276 g/mol. The number of hydrogen-bond donors (Lipinski definition) is 1. The predicted octanol–water partition coefficient (Wildman–Crippen LogP) is 1.65. The minimum Gasteiger partial charge on any atom is -0.267 e. The van der Waals surface area contributed by atoms with Crippen LogP contribution in [0.25, 0.3) is 0 Å². The van der Waals surface area contributed by atoms with Crippen LogP contribution in [0.1, 0.15) is 10.4 Å². The van der Waals surface area contributed by atoms with E-state index < -0.39 is 27.9 Å². The number of amides is 1. The van der Waals surface area contributed by atoms with Gasteiger partial charge >= 0.3 is 0 Å². The molecule has 2 rings (SSSR count). The van der Waals surface area contributed by atoms with Gasteiger partial charge in [-0.15, -0.1) is 0 Å². The molecule has 0 fully saturated rings. The second-order valence-electron chi connectivity index (χ2n) is 3.77. The number of nitro benzene ring substituents is 1. The third-order valence-electron chi connectivity index (χ3n) is 2.56. The maximum Gasteiger partial charge on any atom is 0.285 e. The summed E-state index contributed by atoms with van der Waals surface area (Å²) in [6.07, 6.45) is 2.77. The van der Waals surface area contributed by atoms with Crippen molar-refractivity contribution in [1.29, 1.82) is 0 Å². The lowest BCUT2D eigenvalue weighted by molar-refractivity contribution is -0.385. The quantitative estimate of drug-likeness (QED) is 0.397. The highest BCUT2D eigenvalue weighted by atomic mass is 19.1. The summed E-state index contributed by atoms with van der Waals surface area (Å²) < 4.78 is 13.7.